The molecule has 1 aromatic heterocycles. The highest BCUT2D eigenvalue weighted by Crippen LogP contribution is 2.28. The van der Waals surface area contributed by atoms with Gasteiger partial charge in [-0.05, 0) is 19.1 Å². The number of methoxy groups -OCH3 is 1. The fourth-order valence-electron chi connectivity index (χ4n) is 2.92. The summed E-state index contributed by atoms with van der Waals surface area (Å²) in [6, 6.07) is 14.6. The Morgan fingerprint density at radius 1 is 1.19 bits per heavy atom. The predicted molar refractivity (Wildman–Crippen MR) is 100 cm³/mol. The number of amides is 1. The van der Waals surface area contributed by atoms with Crippen LogP contribution in [0.5, 0.6) is 5.75 Å². The van der Waals surface area contributed by atoms with Gasteiger partial charge in [-0.15, -0.1) is 0 Å². The van der Waals surface area contributed by atoms with Crippen molar-refractivity contribution in [2.75, 3.05) is 14.2 Å². The number of ether oxygens (including phenoxy) is 1. The number of likely N-dealkylation sites (N-methyl/N-ethyl adjacent to an activating group) is 1. The lowest BCUT2D eigenvalue weighted by molar-refractivity contribution is -0.132. The number of rotatable bonds is 5. The quantitative estimate of drug-likeness (QED) is 0.709. The Morgan fingerprint density at radius 2 is 1.88 bits per heavy atom. The SMILES string of the molecule is COc1ccccc1C(C)N(C)C(=O)Cn1ncc2ccccc2c1=O. The first-order chi connectivity index (χ1) is 12.5. The Labute approximate surface area is 151 Å². The lowest BCUT2D eigenvalue weighted by atomic mass is 10.1. The van der Waals surface area contributed by atoms with Crippen molar-refractivity contribution in [1.29, 1.82) is 0 Å². The van der Waals surface area contributed by atoms with Crippen molar-refractivity contribution in [1.82, 2.24) is 14.7 Å². The molecule has 0 bridgehead atoms. The summed E-state index contributed by atoms with van der Waals surface area (Å²) in [4.78, 5) is 26.8. The van der Waals surface area contributed by atoms with E-state index in [1.54, 1.807) is 37.4 Å². The largest absolute Gasteiger partial charge is 0.496 e. The Balaban J connectivity index is 1.83. The Kier molecular flexibility index (Phi) is 5.02. The van der Waals surface area contributed by atoms with Gasteiger partial charge in [-0.2, -0.15) is 5.10 Å². The number of hydrogen-bond donors (Lipinski definition) is 0. The third-order valence-electron chi connectivity index (χ3n) is 4.61. The number of carbonyl (C=O) groups is 1. The first-order valence-corrected chi connectivity index (χ1v) is 8.36. The second-order valence-corrected chi connectivity index (χ2v) is 6.12. The van der Waals surface area contributed by atoms with Crippen molar-refractivity contribution >= 4 is 16.7 Å². The van der Waals surface area contributed by atoms with E-state index in [0.717, 1.165) is 16.7 Å². The smallest absolute Gasteiger partial charge is 0.275 e. The molecule has 0 saturated heterocycles. The highest BCUT2D eigenvalue weighted by atomic mass is 16.5. The summed E-state index contributed by atoms with van der Waals surface area (Å²) >= 11 is 0. The second kappa shape index (κ2) is 7.39. The number of hydrogen-bond acceptors (Lipinski definition) is 4. The van der Waals surface area contributed by atoms with Gasteiger partial charge in [-0.3, -0.25) is 9.59 Å². The number of nitrogens with zero attached hydrogens (tertiary/aromatic N) is 3. The third-order valence-corrected chi connectivity index (χ3v) is 4.61. The molecule has 0 aliphatic heterocycles. The van der Waals surface area contributed by atoms with E-state index in [-0.39, 0.29) is 24.1 Å². The van der Waals surface area contributed by atoms with Crippen molar-refractivity contribution < 1.29 is 9.53 Å². The van der Waals surface area contributed by atoms with Crippen LogP contribution in [0, 0.1) is 0 Å². The van der Waals surface area contributed by atoms with E-state index < -0.39 is 0 Å². The number of benzene rings is 2. The first kappa shape index (κ1) is 17.7. The van der Waals surface area contributed by atoms with Crippen LogP contribution in [0.25, 0.3) is 10.8 Å². The summed E-state index contributed by atoms with van der Waals surface area (Å²) in [5.74, 6) is 0.522. The molecular weight excluding hydrogens is 330 g/mol. The molecule has 0 fully saturated rings. The van der Waals surface area contributed by atoms with Gasteiger partial charge < -0.3 is 9.64 Å². The van der Waals surface area contributed by atoms with Gasteiger partial charge in [0.15, 0.2) is 0 Å². The zero-order chi connectivity index (χ0) is 18.7. The van der Waals surface area contributed by atoms with Crippen LogP contribution in [0.3, 0.4) is 0 Å². The molecule has 1 atom stereocenters. The zero-order valence-electron chi connectivity index (χ0n) is 15.0. The Bertz CT molecular complexity index is 997. The minimum atomic E-state index is -0.269. The van der Waals surface area contributed by atoms with E-state index in [0.29, 0.717) is 5.39 Å². The molecule has 0 aliphatic carbocycles. The maximum absolute atomic E-state index is 12.7. The summed E-state index contributed by atoms with van der Waals surface area (Å²) < 4.78 is 6.58. The molecule has 0 aliphatic rings. The monoisotopic (exact) mass is 351 g/mol. The van der Waals surface area contributed by atoms with Gasteiger partial charge in [-0.25, -0.2) is 4.68 Å². The topological polar surface area (TPSA) is 64.4 Å². The molecule has 6 nitrogen and oxygen atoms in total. The molecular formula is C20H21N3O3. The van der Waals surface area contributed by atoms with Crippen LogP contribution in [0.15, 0.2) is 59.5 Å². The van der Waals surface area contributed by atoms with Crippen molar-refractivity contribution in [3.63, 3.8) is 0 Å². The molecule has 3 aromatic rings. The molecule has 1 amide bonds. The Morgan fingerprint density at radius 3 is 2.65 bits per heavy atom. The molecule has 2 aromatic carbocycles. The van der Waals surface area contributed by atoms with Crippen molar-refractivity contribution in [2.24, 2.45) is 0 Å². The maximum Gasteiger partial charge on any atom is 0.275 e. The molecule has 0 radical (unpaired) electrons. The third kappa shape index (κ3) is 3.31. The van der Waals surface area contributed by atoms with Crippen LogP contribution < -0.4 is 10.3 Å². The average Bonchev–Trinajstić information content (AvgIpc) is 2.69. The van der Waals surface area contributed by atoms with Crippen molar-refractivity contribution in [3.8, 4) is 5.75 Å². The fraction of sp³-hybridized carbons (Fsp3) is 0.250. The lowest BCUT2D eigenvalue weighted by Gasteiger charge is -2.26. The summed E-state index contributed by atoms with van der Waals surface area (Å²) in [6.45, 7) is 1.81. The van der Waals surface area contributed by atoms with E-state index in [4.69, 9.17) is 4.74 Å². The van der Waals surface area contributed by atoms with Crippen LogP contribution in [-0.2, 0) is 11.3 Å². The summed E-state index contributed by atoms with van der Waals surface area (Å²) in [6.07, 6.45) is 1.60. The fourth-order valence-corrected chi connectivity index (χ4v) is 2.92. The predicted octanol–water partition coefficient (Wildman–Crippen LogP) is 2.62. The summed E-state index contributed by atoms with van der Waals surface area (Å²) in [5.41, 5.74) is 0.638. The normalized spacial score (nSPS) is 12.0. The molecule has 134 valence electrons. The number of para-hydroxylation sites is 1. The molecule has 1 heterocycles. The minimum absolute atomic E-state index is 0.111. The number of carbonyl (C=O) groups excluding carboxylic acids is 1. The molecule has 0 spiro atoms. The van der Waals surface area contributed by atoms with Gasteiger partial charge in [0.05, 0.1) is 24.7 Å². The van der Waals surface area contributed by atoms with Crippen LogP contribution >= 0.6 is 0 Å². The van der Waals surface area contributed by atoms with Crippen molar-refractivity contribution in [2.45, 2.75) is 19.5 Å². The molecule has 0 saturated carbocycles. The summed E-state index contributed by atoms with van der Waals surface area (Å²) in [5, 5.41) is 5.44. The van der Waals surface area contributed by atoms with E-state index in [1.165, 1.54) is 4.68 Å². The van der Waals surface area contributed by atoms with Gasteiger partial charge >= 0.3 is 0 Å². The highest BCUT2D eigenvalue weighted by Gasteiger charge is 2.21. The summed E-state index contributed by atoms with van der Waals surface area (Å²) in [7, 11) is 3.32. The lowest BCUT2D eigenvalue weighted by Crippen LogP contribution is -2.36. The van der Waals surface area contributed by atoms with Crippen LogP contribution in [0.4, 0.5) is 0 Å². The standard InChI is InChI=1S/C20H21N3O3/c1-14(16-9-6-7-11-18(16)26-3)22(2)19(24)13-23-20(25)17-10-5-4-8-15(17)12-21-23/h4-12,14H,13H2,1-3H3. The minimum Gasteiger partial charge on any atom is -0.496 e. The molecule has 6 heteroatoms. The maximum atomic E-state index is 12.7. The van der Waals surface area contributed by atoms with Gasteiger partial charge in [0.1, 0.15) is 12.3 Å². The van der Waals surface area contributed by atoms with Crippen LogP contribution in [-0.4, -0.2) is 34.7 Å². The number of aromatic nitrogens is 2. The highest BCUT2D eigenvalue weighted by molar-refractivity contribution is 5.81. The van der Waals surface area contributed by atoms with Crippen molar-refractivity contribution in [3.05, 3.63) is 70.6 Å². The Hall–Kier alpha value is -3.15. The second-order valence-electron chi connectivity index (χ2n) is 6.12. The van der Waals surface area contributed by atoms with E-state index >= 15 is 0 Å². The molecule has 0 N–H and O–H groups in total. The van der Waals surface area contributed by atoms with E-state index in [2.05, 4.69) is 5.10 Å². The van der Waals surface area contributed by atoms with Gasteiger partial charge in [0.25, 0.3) is 5.56 Å². The molecule has 1 unspecified atom stereocenters. The van der Waals surface area contributed by atoms with Crippen LogP contribution in [0.1, 0.15) is 18.5 Å². The first-order valence-electron chi connectivity index (χ1n) is 8.36. The zero-order valence-corrected chi connectivity index (χ0v) is 15.0. The van der Waals surface area contributed by atoms with Gasteiger partial charge in [0.2, 0.25) is 5.91 Å². The average molecular weight is 351 g/mol. The number of fused-ring (bicyclic) bond motifs is 1. The van der Waals surface area contributed by atoms with Crippen LogP contribution in [0.2, 0.25) is 0 Å². The van der Waals surface area contributed by atoms with E-state index in [1.807, 2.05) is 43.3 Å². The van der Waals surface area contributed by atoms with Gasteiger partial charge in [0, 0.05) is 18.0 Å². The molecule has 3 rings (SSSR count). The van der Waals surface area contributed by atoms with Gasteiger partial charge in [-0.1, -0.05) is 36.4 Å². The van der Waals surface area contributed by atoms with E-state index in [9.17, 15) is 9.59 Å². The molecule has 26 heavy (non-hydrogen) atoms.